The summed E-state index contributed by atoms with van der Waals surface area (Å²) in [5.41, 5.74) is 5.57. The van der Waals surface area contributed by atoms with Crippen molar-refractivity contribution in [3.05, 3.63) is 107 Å². The number of carbonyl (C=O) groups is 1. The Bertz CT molecular complexity index is 1100. The van der Waals surface area contributed by atoms with Crippen molar-refractivity contribution in [2.75, 3.05) is 5.32 Å². The average molecular weight is 441 g/mol. The van der Waals surface area contributed by atoms with Gasteiger partial charge in [0.1, 0.15) is 0 Å². The van der Waals surface area contributed by atoms with Crippen LogP contribution >= 0.6 is 11.3 Å². The number of hydrogen-bond acceptors (Lipinski definition) is 3. The van der Waals surface area contributed by atoms with Gasteiger partial charge in [-0.25, -0.2) is 4.98 Å². The van der Waals surface area contributed by atoms with Crippen LogP contribution in [0.5, 0.6) is 0 Å². The van der Waals surface area contributed by atoms with Crippen LogP contribution in [-0.4, -0.2) is 10.9 Å². The van der Waals surface area contributed by atoms with Crippen molar-refractivity contribution in [2.45, 2.75) is 32.6 Å². The summed E-state index contributed by atoms with van der Waals surface area (Å²) in [5.74, 6) is 0.610. The smallest absolute Gasteiger partial charge is 0.227 e. The molecule has 1 aromatic heterocycles. The van der Waals surface area contributed by atoms with Crippen LogP contribution in [0.2, 0.25) is 0 Å². The van der Waals surface area contributed by atoms with E-state index >= 15 is 0 Å². The third-order valence-electron chi connectivity index (χ3n) is 5.44. The highest BCUT2D eigenvalue weighted by Gasteiger charge is 2.19. The summed E-state index contributed by atoms with van der Waals surface area (Å²) in [6.07, 6.45) is 1.44. The molecule has 3 nitrogen and oxygen atoms in total. The second-order valence-electron chi connectivity index (χ2n) is 8.46. The molecule has 3 aromatic carbocycles. The molecule has 162 valence electrons. The Morgan fingerprint density at radius 3 is 2.03 bits per heavy atom. The Morgan fingerprint density at radius 2 is 1.47 bits per heavy atom. The van der Waals surface area contributed by atoms with Crippen LogP contribution in [0.3, 0.4) is 0 Å². The van der Waals surface area contributed by atoms with Gasteiger partial charge in [-0.2, -0.15) is 0 Å². The van der Waals surface area contributed by atoms with E-state index < -0.39 is 0 Å². The van der Waals surface area contributed by atoms with Crippen LogP contribution in [0.15, 0.2) is 90.3 Å². The molecule has 0 spiro atoms. The van der Waals surface area contributed by atoms with Gasteiger partial charge in [0.15, 0.2) is 5.13 Å². The zero-order chi connectivity index (χ0) is 22.3. The summed E-state index contributed by atoms with van der Waals surface area (Å²) < 4.78 is 0. The minimum Gasteiger partial charge on any atom is -0.302 e. The minimum absolute atomic E-state index is 0.00494. The Kier molecular flexibility index (Phi) is 7.13. The van der Waals surface area contributed by atoms with Crippen molar-refractivity contribution in [1.82, 2.24) is 4.98 Å². The van der Waals surface area contributed by atoms with Gasteiger partial charge in [-0.15, -0.1) is 11.3 Å². The maximum atomic E-state index is 12.9. The molecule has 0 fully saturated rings. The zero-order valence-electron chi connectivity index (χ0n) is 18.5. The largest absolute Gasteiger partial charge is 0.302 e. The van der Waals surface area contributed by atoms with Crippen molar-refractivity contribution in [3.63, 3.8) is 0 Å². The molecule has 0 aliphatic heterocycles. The summed E-state index contributed by atoms with van der Waals surface area (Å²) >= 11 is 1.46. The molecule has 0 saturated carbocycles. The van der Waals surface area contributed by atoms with E-state index in [2.05, 4.69) is 72.7 Å². The van der Waals surface area contributed by atoms with Gasteiger partial charge in [0.25, 0.3) is 0 Å². The van der Waals surface area contributed by atoms with Crippen LogP contribution in [-0.2, 0) is 11.2 Å². The molecule has 0 radical (unpaired) electrons. The van der Waals surface area contributed by atoms with Crippen molar-refractivity contribution in [1.29, 1.82) is 0 Å². The fourth-order valence-electron chi connectivity index (χ4n) is 3.90. The second kappa shape index (κ2) is 10.4. The van der Waals surface area contributed by atoms with E-state index in [0.29, 0.717) is 17.5 Å². The van der Waals surface area contributed by atoms with Gasteiger partial charge in [-0.1, -0.05) is 98.8 Å². The summed E-state index contributed by atoms with van der Waals surface area (Å²) in [4.78, 5) is 17.6. The molecule has 0 bridgehead atoms. The van der Waals surface area contributed by atoms with Gasteiger partial charge >= 0.3 is 0 Å². The number of nitrogens with one attached hydrogen (secondary N) is 1. The normalized spacial score (nSPS) is 11.1. The summed E-state index contributed by atoms with van der Waals surface area (Å²) in [5, 5.41) is 5.64. The second-order valence-corrected chi connectivity index (χ2v) is 9.32. The van der Waals surface area contributed by atoms with Crippen LogP contribution in [0.25, 0.3) is 11.3 Å². The molecule has 4 rings (SSSR count). The van der Waals surface area contributed by atoms with Gasteiger partial charge in [0.2, 0.25) is 5.91 Å². The monoisotopic (exact) mass is 440 g/mol. The Balaban J connectivity index is 1.45. The zero-order valence-corrected chi connectivity index (χ0v) is 19.3. The molecule has 0 aliphatic carbocycles. The molecule has 4 aromatic rings. The molecule has 1 N–H and O–H groups in total. The van der Waals surface area contributed by atoms with E-state index in [-0.39, 0.29) is 11.8 Å². The number of aromatic nitrogens is 1. The molecular formula is C28H28N2OS. The summed E-state index contributed by atoms with van der Waals surface area (Å²) in [7, 11) is 0. The van der Waals surface area contributed by atoms with E-state index in [1.165, 1.54) is 16.9 Å². The number of rotatable bonds is 8. The minimum atomic E-state index is -0.0316. The maximum absolute atomic E-state index is 12.9. The van der Waals surface area contributed by atoms with Crippen molar-refractivity contribution >= 4 is 22.4 Å². The summed E-state index contributed by atoms with van der Waals surface area (Å²) in [6.45, 7) is 4.45. The van der Waals surface area contributed by atoms with Crippen LogP contribution < -0.4 is 5.32 Å². The molecule has 0 saturated heterocycles. The highest BCUT2D eigenvalue weighted by molar-refractivity contribution is 7.14. The van der Waals surface area contributed by atoms with Gasteiger partial charge in [-0.05, 0) is 29.0 Å². The van der Waals surface area contributed by atoms with E-state index in [9.17, 15) is 4.79 Å². The Labute approximate surface area is 194 Å². The molecule has 0 unspecified atom stereocenters. The number of hydrogen-bond donors (Lipinski definition) is 1. The maximum Gasteiger partial charge on any atom is 0.227 e. The fourth-order valence-corrected chi connectivity index (χ4v) is 4.64. The van der Waals surface area contributed by atoms with Gasteiger partial charge in [0.05, 0.1) is 5.69 Å². The van der Waals surface area contributed by atoms with E-state index in [4.69, 9.17) is 0 Å². The lowest BCUT2D eigenvalue weighted by molar-refractivity contribution is -0.116. The molecule has 32 heavy (non-hydrogen) atoms. The van der Waals surface area contributed by atoms with E-state index in [1.54, 1.807) is 0 Å². The first-order chi connectivity index (χ1) is 15.6. The first-order valence-electron chi connectivity index (χ1n) is 11.0. The first kappa shape index (κ1) is 22.0. The van der Waals surface area contributed by atoms with Crippen molar-refractivity contribution < 1.29 is 4.79 Å². The standard InChI is InChI=1S/C28H28N2OS/c1-20(2)17-21-13-15-24(16-14-21)26-19-32-28(29-26)30-27(31)18-25(22-9-5-3-6-10-22)23-11-7-4-8-12-23/h3-16,19-20,25H,17-18H2,1-2H3,(H,29,30,31). The lowest BCUT2D eigenvalue weighted by Crippen LogP contribution is -2.16. The third kappa shape index (κ3) is 5.71. The summed E-state index contributed by atoms with van der Waals surface area (Å²) in [6, 6.07) is 28.9. The Hall–Kier alpha value is -3.24. The number of carbonyl (C=O) groups excluding carboxylic acids is 1. The Morgan fingerprint density at radius 1 is 0.875 bits per heavy atom. The van der Waals surface area contributed by atoms with Crippen LogP contribution in [0.1, 0.15) is 42.9 Å². The molecule has 1 amide bonds. The molecule has 0 atom stereocenters. The SMILES string of the molecule is CC(C)Cc1ccc(-c2csc(NC(=O)CC(c3ccccc3)c3ccccc3)n2)cc1. The molecule has 1 heterocycles. The van der Waals surface area contributed by atoms with Gasteiger partial charge in [-0.3, -0.25) is 4.79 Å². The van der Waals surface area contributed by atoms with Crippen LogP contribution in [0.4, 0.5) is 5.13 Å². The van der Waals surface area contributed by atoms with E-state index in [1.807, 2.05) is 41.8 Å². The lowest BCUT2D eigenvalue weighted by atomic mass is 9.88. The first-order valence-corrected chi connectivity index (χ1v) is 11.9. The number of amides is 1. The number of thiazole rings is 1. The predicted molar refractivity (Wildman–Crippen MR) is 134 cm³/mol. The highest BCUT2D eigenvalue weighted by Crippen LogP contribution is 2.30. The van der Waals surface area contributed by atoms with Crippen molar-refractivity contribution in [2.24, 2.45) is 5.92 Å². The van der Waals surface area contributed by atoms with Gasteiger partial charge < -0.3 is 5.32 Å². The van der Waals surface area contributed by atoms with Crippen LogP contribution in [0, 0.1) is 5.92 Å². The van der Waals surface area contributed by atoms with Gasteiger partial charge in [0, 0.05) is 23.3 Å². The third-order valence-corrected chi connectivity index (χ3v) is 6.20. The average Bonchev–Trinajstić information content (AvgIpc) is 3.27. The topological polar surface area (TPSA) is 42.0 Å². The highest BCUT2D eigenvalue weighted by atomic mass is 32.1. The number of anilines is 1. The molecular weight excluding hydrogens is 412 g/mol. The lowest BCUT2D eigenvalue weighted by Gasteiger charge is -2.17. The quantitative estimate of drug-likeness (QED) is 0.315. The van der Waals surface area contributed by atoms with E-state index in [0.717, 1.165) is 28.8 Å². The molecule has 0 aliphatic rings. The van der Waals surface area contributed by atoms with Crippen molar-refractivity contribution in [3.8, 4) is 11.3 Å². The molecule has 4 heteroatoms. The predicted octanol–water partition coefficient (Wildman–Crippen LogP) is 7.17. The number of benzene rings is 3. The fraction of sp³-hybridized carbons (Fsp3) is 0.214. The number of nitrogens with zero attached hydrogens (tertiary/aromatic N) is 1.